The first-order valence-electron chi connectivity index (χ1n) is 6.97. The molecule has 1 saturated heterocycles. The summed E-state index contributed by atoms with van der Waals surface area (Å²) >= 11 is 0. The molecule has 0 radical (unpaired) electrons. The first-order valence-corrected chi connectivity index (χ1v) is 8.41. The average molecular weight is 328 g/mol. The number of rotatable bonds is 5. The van der Waals surface area contributed by atoms with E-state index in [2.05, 4.69) is 0 Å². The molecule has 0 saturated carbocycles. The van der Waals surface area contributed by atoms with Crippen molar-refractivity contribution >= 4 is 16.0 Å². The minimum atomic E-state index is -3.55. The number of benzene rings is 1. The lowest BCUT2D eigenvalue weighted by atomic mass is 10.2. The number of methoxy groups -OCH3 is 1. The van der Waals surface area contributed by atoms with Gasteiger partial charge in [0.05, 0.1) is 12.0 Å². The van der Waals surface area contributed by atoms with Crippen molar-refractivity contribution in [3.05, 3.63) is 24.3 Å². The van der Waals surface area contributed by atoms with Gasteiger partial charge < -0.3 is 9.84 Å². The van der Waals surface area contributed by atoms with Crippen molar-refractivity contribution in [1.29, 1.82) is 0 Å². The van der Waals surface area contributed by atoms with Gasteiger partial charge in [-0.25, -0.2) is 8.42 Å². The van der Waals surface area contributed by atoms with E-state index >= 15 is 0 Å². The first kappa shape index (κ1) is 16.7. The zero-order valence-corrected chi connectivity index (χ0v) is 13.4. The summed E-state index contributed by atoms with van der Waals surface area (Å²) in [6, 6.07) is 5.64. The van der Waals surface area contributed by atoms with Crippen molar-refractivity contribution < 1.29 is 23.1 Å². The average Bonchev–Trinajstić information content (AvgIpc) is 2.54. The number of piperazine rings is 1. The van der Waals surface area contributed by atoms with Crippen LogP contribution in [0, 0.1) is 0 Å². The molecule has 7 nitrogen and oxygen atoms in total. The molecule has 0 unspecified atom stereocenters. The first-order chi connectivity index (χ1) is 10.4. The Morgan fingerprint density at radius 3 is 2.18 bits per heavy atom. The highest BCUT2D eigenvalue weighted by Gasteiger charge is 2.31. The van der Waals surface area contributed by atoms with Crippen LogP contribution in [0.25, 0.3) is 0 Å². The molecule has 1 aromatic rings. The molecule has 0 aromatic heterocycles. The van der Waals surface area contributed by atoms with Crippen LogP contribution in [0.3, 0.4) is 0 Å². The molecule has 1 aliphatic heterocycles. The van der Waals surface area contributed by atoms with E-state index in [0.29, 0.717) is 18.8 Å². The van der Waals surface area contributed by atoms with E-state index in [4.69, 9.17) is 9.84 Å². The van der Waals surface area contributed by atoms with Gasteiger partial charge in [0.2, 0.25) is 10.0 Å². The van der Waals surface area contributed by atoms with Gasteiger partial charge in [-0.3, -0.25) is 9.69 Å². The second-order valence-electron chi connectivity index (χ2n) is 5.13. The lowest BCUT2D eigenvalue weighted by molar-refractivity contribution is -0.143. The SMILES string of the molecule is COc1ccc(S(=O)(=O)N2CCN([C@H](C)C(=O)O)CC2)cc1. The lowest BCUT2D eigenvalue weighted by Crippen LogP contribution is -2.53. The van der Waals surface area contributed by atoms with E-state index in [9.17, 15) is 13.2 Å². The van der Waals surface area contributed by atoms with Gasteiger partial charge in [0.1, 0.15) is 11.8 Å². The number of carbonyl (C=O) groups is 1. The second-order valence-corrected chi connectivity index (χ2v) is 7.07. The van der Waals surface area contributed by atoms with Crippen LogP contribution < -0.4 is 4.74 Å². The second kappa shape index (κ2) is 6.64. The zero-order chi connectivity index (χ0) is 16.3. The smallest absolute Gasteiger partial charge is 0.320 e. The molecule has 0 amide bonds. The fraction of sp³-hybridized carbons (Fsp3) is 0.500. The summed E-state index contributed by atoms with van der Waals surface area (Å²) in [4.78, 5) is 13.0. The normalized spacial score (nSPS) is 18.8. The predicted octanol–water partition coefficient (Wildman–Crippen LogP) is 0.475. The highest BCUT2D eigenvalue weighted by molar-refractivity contribution is 7.89. The molecular weight excluding hydrogens is 308 g/mol. The van der Waals surface area contributed by atoms with Crippen LogP contribution in [0.4, 0.5) is 0 Å². The molecule has 22 heavy (non-hydrogen) atoms. The molecule has 2 rings (SSSR count). The Balaban J connectivity index is 2.07. The summed E-state index contributed by atoms with van der Waals surface area (Å²) in [6.45, 7) is 2.99. The van der Waals surface area contributed by atoms with Gasteiger partial charge in [-0.15, -0.1) is 0 Å². The van der Waals surface area contributed by atoms with Crippen LogP contribution in [0.5, 0.6) is 5.75 Å². The van der Waals surface area contributed by atoms with E-state index in [-0.39, 0.29) is 18.0 Å². The topological polar surface area (TPSA) is 87.2 Å². The van der Waals surface area contributed by atoms with Crippen molar-refractivity contribution in [1.82, 2.24) is 9.21 Å². The number of carboxylic acid groups (broad SMARTS) is 1. The molecule has 0 spiro atoms. The number of ether oxygens (including phenoxy) is 1. The van der Waals surface area contributed by atoms with Crippen molar-refractivity contribution in [2.45, 2.75) is 17.9 Å². The molecule has 122 valence electrons. The van der Waals surface area contributed by atoms with Crippen molar-refractivity contribution in [2.75, 3.05) is 33.3 Å². The Morgan fingerprint density at radius 2 is 1.73 bits per heavy atom. The van der Waals surface area contributed by atoms with Gasteiger partial charge in [0, 0.05) is 26.2 Å². The Morgan fingerprint density at radius 1 is 1.18 bits per heavy atom. The fourth-order valence-corrected chi connectivity index (χ4v) is 3.81. The minimum Gasteiger partial charge on any atom is -0.497 e. The van der Waals surface area contributed by atoms with Gasteiger partial charge in [0.25, 0.3) is 0 Å². The van der Waals surface area contributed by atoms with Crippen LogP contribution in [-0.4, -0.2) is 68.0 Å². The molecule has 1 aromatic carbocycles. The van der Waals surface area contributed by atoms with Crippen LogP contribution in [0.1, 0.15) is 6.92 Å². The Hall–Kier alpha value is -1.64. The standard InChI is InChI=1S/C14H20N2O5S/c1-11(14(17)18)15-7-9-16(10-8-15)22(19,20)13-5-3-12(21-2)4-6-13/h3-6,11H,7-10H2,1-2H3,(H,17,18)/t11-/m1/s1. The van der Waals surface area contributed by atoms with E-state index in [0.717, 1.165) is 0 Å². The highest BCUT2D eigenvalue weighted by Crippen LogP contribution is 2.21. The van der Waals surface area contributed by atoms with E-state index in [1.54, 1.807) is 24.0 Å². The van der Waals surface area contributed by atoms with E-state index in [1.165, 1.54) is 23.5 Å². The quantitative estimate of drug-likeness (QED) is 0.846. The van der Waals surface area contributed by atoms with Gasteiger partial charge >= 0.3 is 5.97 Å². The Kier molecular flexibility index (Phi) is 5.05. The van der Waals surface area contributed by atoms with Gasteiger partial charge in [0.15, 0.2) is 0 Å². The molecule has 1 heterocycles. The molecule has 1 fully saturated rings. The summed E-state index contributed by atoms with van der Waals surface area (Å²) in [6.07, 6.45) is 0. The number of hydrogen-bond donors (Lipinski definition) is 1. The summed E-state index contributed by atoms with van der Waals surface area (Å²) in [5.41, 5.74) is 0. The highest BCUT2D eigenvalue weighted by atomic mass is 32.2. The van der Waals surface area contributed by atoms with Crippen molar-refractivity contribution in [3.63, 3.8) is 0 Å². The number of nitrogens with zero attached hydrogens (tertiary/aromatic N) is 2. The van der Waals surface area contributed by atoms with Crippen LogP contribution in [0.15, 0.2) is 29.2 Å². The number of carboxylic acids is 1. The number of sulfonamides is 1. The molecule has 1 atom stereocenters. The molecule has 0 bridgehead atoms. The molecule has 1 aliphatic rings. The number of aliphatic carboxylic acids is 1. The molecule has 0 aliphatic carbocycles. The van der Waals surface area contributed by atoms with Gasteiger partial charge in [-0.1, -0.05) is 0 Å². The fourth-order valence-electron chi connectivity index (χ4n) is 2.38. The summed E-state index contributed by atoms with van der Waals surface area (Å²) in [5, 5.41) is 9.00. The maximum Gasteiger partial charge on any atom is 0.320 e. The summed E-state index contributed by atoms with van der Waals surface area (Å²) in [5.74, 6) is -0.300. The van der Waals surface area contributed by atoms with Gasteiger partial charge in [-0.05, 0) is 31.2 Å². The predicted molar refractivity (Wildman–Crippen MR) is 80.4 cm³/mol. The molecule has 8 heteroatoms. The third-order valence-electron chi connectivity index (χ3n) is 3.88. The maximum atomic E-state index is 12.5. The zero-order valence-electron chi connectivity index (χ0n) is 12.6. The Bertz CT molecular complexity index is 621. The Labute approximate surface area is 130 Å². The van der Waals surface area contributed by atoms with Crippen LogP contribution >= 0.6 is 0 Å². The monoisotopic (exact) mass is 328 g/mol. The third kappa shape index (κ3) is 3.40. The summed E-state index contributed by atoms with van der Waals surface area (Å²) in [7, 11) is -2.03. The van der Waals surface area contributed by atoms with Gasteiger partial charge in [-0.2, -0.15) is 4.31 Å². The van der Waals surface area contributed by atoms with E-state index < -0.39 is 22.0 Å². The molecule has 1 N–H and O–H groups in total. The van der Waals surface area contributed by atoms with Crippen LogP contribution in [0.2, 0.25) is 0 Å². The van der Waals surface area contributed by atoms with Crippen LogP contribution in [-0.2, 0) is 14.8 Å². The van der Waals surface area contributed by atoms with Crippen molar-refractivity contribution in [3.8, 4) is 5.75 Å². The minimum absolute atomic E-state index is 0.216. The van der Waals surface area contributed by atoms with Crippen molar-refractivity contribution in [2.24, 2.45) is 0 Å². The summed E-state index contributed by atoms with van der Waals surface area (Å²) < 4.78 is 31.5. The largest absolute Gasteiger partial charge is 0.497 e. The third-order valence-corrected chi connectivity index (χ3v) is 5.79. The maximum absolute atomic E-state index is 12.5. The lowest BCUT2D eigenvalue weighted by Gasteiger charge is -2.35. The molecular formula is C14H20N2O5S. The number of hydrogen-bond acceptors (Lipinski definition) is 5. The van der Waals surface area contributed by atoms with E-state index in [1.807, 2.05) is 0 Å².